The molecule has 0 aromatic rings. The molecule has 1 aliphatic heterocycles. The van der Waals surface area contributed by atoms with Crippen LogP contribution in [0.1, 0.15) is 33.1 Å². The molecule has 78 valence electrons. The molecule has 1 saturated heterocycles. The highest BCUT2D eigenvalue weighted by Crippen LogP contribution is 2.34. The number of aliphatic hydroxyl groups excluding tert-OH is 1. The molecule has 0 unspecified atom stereocenters. The van der Waals surface area contributed by atoms with Crippen molar-refractivity contribution in [2.45, 2.75) is 43.8 Å². The number of rotatable bonds is 4. The molecular formula is C10H20OS2. The van der Waals surface area contributed by atoms with Gasteiger partial charge in [-0.1, -0.05) is 20.3 Å². The maximum Gasteiger partial charge on any atom is 0.0584 e. The smallest absolute Gasteiger partial charge is 0.0584 e. The SMILES string of the molecule is CC[C@H](C)[C@@H](O)CC1SCCCS1. The van der Waals surface area contributed by atoms with Gasteiger partial charge in [-0.25, -0.2) is 0 Å². The number of thioether (sulfide) groups is 2. The van der Waals surface area contributed by atoms with E-state index in [9.17, 15) is 5.11 Å². The van der Waals surface area contributed by atoms with E-state index in [1.54, 1.807) is 0 Å². The van der Waals surface area contributed by atoms with Crippen LogP contribution in [0.4, 0.5) is 0 Å². The van der Waals surface area contributed by atoms with Gasteiger partial charge in [0, 0.05) is 0 Å². The number of hydrogen-bond acceptors (Lipinski definition) is 3. The van der Waals surface area contributed by atoms with E-state index in [2.05, 4.69) is 13.8 Å². The van der Waals surface area contributed by atoms with Crippen LogP contribution in [-0.2, 0) is 0 Å². The highest BCUT2D eigenvalue weighted by atomic mass is 32.2. The van der Waals surface area contributed by atoms with E-state index in [0.29, 0.717) is 10.5 Å². The quantitative estimate of drug-likeness (QED) is 0.786. The minimum Gasteiger partial charge on any atom is -0.393 e. The molecule has 0 aromatic carbocycles. The van der Waals surface area contributed by atoms with Crippen molar-refractivity contribution in [1.29, 1.82) is 0 Å². The summed E-state index contributed by atoms with van der Waals surface area (Å²) >= 11 is 4.04. The first-order valence-electron chi connectivity index (χ1n) is 5.15. The Kier molecular flexibility index (Phi) is 5.60. The predicted octanol–water partition coefficient (Wildman–Crippen LogP) is 2.98. The van der Waals surface area contributed by atoms with Crippen LogP contribution < -0.4 is 0 Å². The molecule has 1 nitrogen and oxygen atoms in total. The van der Waals surface area contributed by atoms with Crippen LogP contribution in [0, 0.1) is 5.92 Å². The predicted molar refractivity (Wildman–Crippen MR) is 63.4 cm³/mol. The third kappa shape index (κ3) is 4.13. The van der Waals surface area contributed by atoms with Crippen molar-refractivity contribution in [3.8, 4) is 0 Å². The average Bonchev–Trinajstić information content (AvgIpc) is 2.18. The molecule has 1 rings (SSSR count). The first-order chi connectivity index (χ1) is 6.24. The minimum atomic E-state index is -0.0897. The van der Waals surface area contributed by atoms with Gasteiger partial charge in [0.2, 0.25) is 0 Å². The van der Waals surface area contributed by atoms with Gasteiger partial charge in [0.15, 0.2) is 0 Å². The van der Waals surface area contributed by atoms with Gasteiger partial charge in [-0.3, -0.25) is 0 Å². The molecule has 1 heterocycles. The van der Waals surface area contributed by atoms with Crippen LogP contribution in [0.3, 0.4) is 0 Å². The lowest BCUT2D eigenvalue weighted by molar-refractivity contribution is 0.110. The van der Waals surface area contributed by atoms with E-state index >= 15 is 0 Å². The molecule has 1 fully saturated rings. The van der Waals surface area contributed by atoms with Crippen molar-refractivity contribution in [3.05, 3.63) is 0 Å². The molecule has 1 aliphatic rings. The molecule has 0 spiro atoms. The van der Waals surface area contributed by atoms with Gasteiger partial charge in [0.25, 0.3) is 0 Å². The number of aliphatic hydroxyl groups is 1. The average molecular weight is 220 g/mol. The fourth-order valence-corrected chi connectivity index (χ4v) is 4.33. The lowest BCUT2D eigenvalue weighted by Gasteiger charge is -2.25. The third-order valence-electron chi connectivity index (χ3n) is 2.63. The lowest BCUT2D eigenvalue weighted by atomic mass is 10.0. The molecule has 3 heteroatoms. The van der Waals surface area contributed by atoms with Crippen LogP contribution >= 0.6 is 23.5 Å². The van der Waals surface area contributed by atoms with E-state index in [1.165, 1.54) is 17.9 Å². The van der Waals surface area contributed by atoms with Crippen molar-refractivity contribution in [2.24, 2.45) is 5.92 Å². The molecule has 13 heavy (non-hydrogen) atoms. The van der Waals surface area contributed by atoms with Crippen LogP contribution in [-0.4, -0.2) is 27.3 Å². The van der Waals surface area contributed by atoms with E-state index < -0.39 is 0 Å². The van der Waals surface area contributed by atoms with E-state index in [4.69, 9.17) is 0 Å². The fraction of sp³-hybridized carbons (Fsp3) is 1.00. The van der Waals surface area contributed by atoms with Crippen molar-refractivity contribution in [3.63, 3.8) is 0 Å². The highest BCUT2D eigenvalue weighted by Gasteiger charge is 2.21. The zero-order valence-electron chi connectivity index (χ0n) is 8.53. The van der Waals surface area contributed by atoms with Crippen LogP contribution in [0.5, 0.6) is 0 Å². The molecule has 1 N–H and O–H groups in total. The van der Waals surface area contributed by atoms with Gasteiger partial charge in [0.1, 0.15) is 0 Å². The topological polar surface area (TPSA) is 20.2 Å². The maximum atomic E-state index is 9.84. The first-order valence-corrected chi connectivity index (χ1v) is 7.25. The Bertz CT molecular complexity index is 135. The molecule has 0 radical (unpaired) electrons. The Morgan fingerprint density at radius 2 is 2.00 bits per heavy atom. The molecular weight excluding hydrogens is 200 g/mol. The normalized spacial score (nSPS) is 24.2. The Labute approximate surface area is 90.1 Å². The Hall–Kier alpha value is 0.660. The summed E-state index contributed by atoms with van der Waals surface area (Å²) in [5.41, 5.74) is 0. The zero-order valence-corrected chi connectivity index (χ0v) is 10.2. The summed E-state index contributed by atoms with van der Waals surface area (Å²) in [6.07, 6.45) is 3.31. The van der Waals surface area contributed by atoms with Gasteiger partial charge in [0.05, 0.1) is 10.7 Å². The molecule has 0 bridgehead atoms. The zero-order chi connectivity index (χ0) is 9.68. The summed E-state index contributed by atoms with van der Waals surface area (Å²) in [7, 11) is 0. The van der Waals surface area contributed by atoms with Gasteiger partial charge in [-0.15, -0.1) is 23.5 Å². The molecule has 2 atom stereocenters. The van der Waals surface area contributed by atoms with E-state index in [-0.39, 0.29) is 6.10 Å². The second-order valence-corrected chi connectivity index (χ2v) is 6.63. The summed E-state index contributed by atoms with van der Waals surface area (Å²) in [6.45, 7) is 4.29. The summed E-state index contributed by atoms with van der Waals surface area (Å²) in [6, 6.07) is 0. The van der Waals surface area contributed by atoms with Gasteiger partial charge in [-0.2, -0.15) is 0 Å². The van der Waals surface area contributed by atoms with E-state index in [0.717, 1.165) is 12.8 Å². The maximum absolute atomic E-state index is 9.84. The second-order valence-electron chi connectivity index (χ2n) is 3.71. The molecule has 0 aliphatic carbocycles. The Morgan fingerprint density at radius 1 is 1.38 bits per heavy atom. The Morgan fingerprint density at radius 3 is 2.54 bits per heavy atom. The van der Waals surface area contributed by atoms with Crippen molar-refractivity contribution < 1.29 is 5.11 Å². The van der Waals surface area contributed by atoms with Crippen LogP contribution in [0.2, 0.25) is 0 Å². The standard InChI is InChI=1S/C10H20OS2/c1-3-8(2)9(11)7-10-12-5-4-6-13-10/h8-11H,3-7H2,1-2H3/t8-,9-/m0/s1. The monoisotopic (exact) mass is 220 g/mol. The fourth-order valence-electron chi connectivity index (χ4n) is 1.37. The summed E-state index contributed by atoms with van der Waals surface area (Å²) in [5.74, 6) is 3.03. The lowest BCUT2D eigenvalue weighted by Crippen LogP contribution is -2.22. The summed E-state index contributed by atoms with van der Waals surface area (Å²) in [5, 5.41) is 9.84. The number of hydrogen-bond donors (Lipinski definition) is 1. The summed E-state index contributed by atoms with van der Waals surface area (Å²) < 4.78 is 0.651. The second kappa shape index (κ2) is 6.20. The molecule has 0 aromatic heterocycles. The van der Waals surface area contributed by atoms with Gasteiger partial charge < -0.3 is 5.11 Å². The highest BCUT2D eigenvalue weighted by molar-refractivity contribution is 8.17. The van der Waals surface area contributed by atoms with Gasteiger partial charge in [-0.05, 0) is 30.3 Å². The minimum absolute atomic E-state index is 0.0897. The third-order valence-corrected chi connectivity index (χ3v) is 5.62. The van der Waals surface area contributed by atoms with E-state index in [1.807, 2.05) is 23.5 Å². The van der Waals surface area contributed by atoms with Gasteiger partial charge >= 0.3 is 0 Å². The van der Waals surface area contributed by atoms with Crippen molar-refractivity contribution >= 4 is 23.5 Å². The van der Waals surface area contributed by atoms with Crippen LogP contribution in [0.15, 0.2) is 0 Å². The first kappa shape index (κ1) is 11.7. The summed E-state index contributed by atoms with van der Waals surface area (Å²) in [4.78, 5) is 0. The Balaban J connectivity index is 2.21. The van der Waals surface area contributed by atoms with Crippen molar-refractivity contribution in [2.75, 3.05) is 11.5 Å². The molecule has 0 amide bonds. The van der Waals surface area contributed by atoms with Crippen LogP contribution in [0.25, 0.3) is 0 Å². The largest absolute Gasteiger partial charge is 0.393 e. The van der Waals surface area contributed by atoms with Crippen molar-refractivity contribution in [1.82, 2.24) is 0 Å². The molecule has 0 saturated carbocycles.